The molecule has 0 aliphatic heterocycles. The third-order valence-electron chi connectivity index (χ3n) is 2.62. The zero-order chi connectivity index (χ0) is 16.1. The van der Waals surface area contributed by atoms with Gasteiger partial charge in [0.1, 0.15) is 0 Å². The van der Waals surface area contributed by atoms with Gasteiger partial charge in [0.2, 0.25) is 0 Å². The smallest absolute Gasteiger partial charge is 0.312 e. The predicted octanol–water partition coefficient (Wildman–Crippen LogP) is 3.92. The van der Waals surface area contributed by atoms with E-state index in [0.717, 1.165) is 6.07 Å². The van der Waals surface area contributed by atoms with Crippen molar-refractivity contribution in [3.8, 4) is 5.75 Å². The van der Waals surface area contributed by atoms with Gasteiger partial charge in [-0.2, -0.15) is 0 Å². The highest BCUT2D eigenvalue weighted by atomic mass is 35.5. The SMILES string of the molecule is O=C(COc1ccc(Cl)cc1[N+](=O)[O-])Nc1ccccc1Cl. The van der Waals surface area contributed by atoms with Crippen LogP contribution in [-0.4, -0.2) is 17.4 Å². The van der Waals surface area contributed by atoms with Gasteiger partial charge in [-0.05, 0) is 24.3 Å². The van der Waals surface area contributed by atoms with E-state index in [4.69, 9.17) is 27.9 Å². The highest BCUT2D eigenvalue weighted by molar-refractivity contribution is 6.33. The third kappa shape index (κ3) is 4.09. The Morgan fingerprint density at radius 3 is 2.64 bits per heavy atom. The minimum Gasteiger partial charge on any atom is -0.477 e. The lowest BCUT2D eigenvalue weighted by molar-refractivity contribution is -0.385. The standard InChI is InChI=1S/C14H10Cl2N2O4/c15-9-5-6-13(12(7-9)18(20)21)22-8-14(19)17-11-4-2-1-3-10(11)16/h1-7H,8H2,(H,17,19). The van der Waals surface area contributed by atoms with E-state index >= 15 is 0 Å². The van der Waals surface area contributed by atoms with Crippen LogP contribution in [-0.2, 0) is 4.79 Å². The van der Waals surface area contributed by atoms with Gasteiger partial charge >= 0.3 is 5.69 Å². The Morgan fingerprint density at radius 2 is 1.95 bits per heavy atom. The third-order valence-corrected chi connectivity index (χ3v) is 3.19. The number of ether oxygens (including phenoxy) is 1. The monoisotopic (exact) mass is 340 g/mol. The van der Waals surface area contributed by atoms with Gasteiger partial charge in [0.15, 0.2) is 12.4 Å². The normalized spacial score (nSPS) is 10.1. The fraction of sp³-hybridized carbons (Fsp3) is 0.0714. The summed E-state index contributed by atoms with van der Waals surface area (Å²) in [5, 5.41) is 14.0. The zero-order valence-corrected chi connectivity index (χ0v) is 12.6. The van der Waals surface area contributed by atoms with Crippen LogP contribution < -0.4 is 10.1 Å². The first-order valence-corrected chi connectivity index (χ1v) is 6.84. The second kappa shape index (κ2) is 7.11. The van der Waals surface area contributed by atoms with Crippen LogP contribution in [0.5, 0.6) is 5.75 Å². The van der Waals surface area contributed by atoms with Crippen LogP contribution in [0, 0.1) is 10.1 Å². The average Bonchev–Trinajstić information content (AvgIpc) is 2.48. The number of nitrogens with one attached hydrogen (secondary N) is 1. The first kappa shape index (κ1) is 16.1. The fourth-order valence-corrected chi connectivity index (χ4v) is 2.00. The van der Waals surface area contributed by atoms with Crippen LogP contribution in [0.3, 0.4) is 0 Å². The zero-order valence-electron chi connectivity index (χ0n) is 11.1. The lowest BCUT2D eigenvalue weighted by Gasteiger charge is -2.09. The average molecular weight is 341 g/mol. The number of nitro groups is 1. The molecule has 0 aliphatic rings. The molecule has 0 heterocycles. The Balaban J connectivity index is 2.03. The van der Waals surface area contributed by atoms with Crippen LogP contribution in [0.2, 0.25) is 10.0 Å². The number of nitrogens with zero attached hydrogens (tertiary/aromatic N) is 1. The summed E-state index contributed by atoms with van der Waals surface area (Å²) in [5.74, 6) is -0.527. The molecule has 2 aromatic carbocycles. The molecular weight excluding hydrogens is 331 g/mol. The lowest BCUT2D eigenvalue weighted by atomic mass is 10.3. The number of anilines is 1. The van der Waals surface area contributed by atoms with E-state index in [1.807, 2.05) is 0 Å². The molecule has 6 nitrogen and oxygen atoms in total. The molecule has 0 aliphatic carbocycles. The maximum Gasteiger partial charge on any atom is 0.312 e. The molecule has 2 aromatic rings. The molecule has 0 radical (unpaired) electrons. The summed E-state index contributed by atoms with van der Waals surface area (Å²) >= 11 is 11.6. The molecule has 0 bridgehead atoms. The molecule has 8 heteroatoms. The van der Waals surface area contributed by atoms with Gasteiger partial charge in [0.05, 0.1) is 15.6 Å². The Morgan fingerprint density at radius 1 is 1.23 bits per heavy atom. The molecule has 0 saturated heterocycles. The van der Waals surface area contributed by atoms with E-state index in [9.17, 15) is 14.9 Å². The molecule has 1 amide bonds. The fourth-order valence-electron chi connectivity index (χ4n) is 1.65. The number of carbonyl (C=O) groups is 1. The van der Waals surface area contributed by atoms with Crippen molar-refractivity contribution in [2.75, 3.05) is 11.9 Å². The number of hydrogen-bond donors (Lipinski definition) is 1. The van der Waals surface area contributed by atoms with Crippen LogP contribution >= 0.6 is 23.2 Å². The molecule has 0 fully saturated rings. The highest BCUT2D eigenvalue weighted by Gasteiger charge is 2.17. The van der Waals surface area contributed by atoms with Gasteiger partial charge in [0, 0.05) is 11.1 Å². The van der Waals surface area contributed by atoms with Crippen molar-refractivity contribution in [3.05, 3.63) is 62.6 Å². The van der Waals surface area contributed by atoms with Crippen molar-refractivity contribution in [2.24, 2.45) is 0 Å². The molecule has 0 aromatic heterocycles. The number of carbonyl (C=O) groups excluding carboxylic acids is 1. The van der Waals surface area contributed by atoms with Crippen molar-refractivity contribution in [2.45, 2.75) is 0 Å². The Hall–Kier alpha value is -2.31. The van der Waals surface area contributed by atoms with Crippen LogP contribution in [0.25, 0.3) is 0 Å². The minimum absolute atomic E-state index is 0.0382. The number of nitro benzene ring substituents is 1. The Bertz CT molecular complexity index is 722. The van der Waals surface area contributed by atoms with Gasteiger partial charge in [-0.1, -0.05) is 35.3 Å². The number of hydrogen-bond acceptors (Lipinski definition) is 4. The summed E-state index contributed by atoms with van der Waals surface area (Å²) in [6, 6.07) is 10.6. The van der Waals surface area contributed by atoms with Gasteiger partial charge in [0.25, 0.3) is 5.91 Å². The Kier molecular flexibility index (Phi) is 5.19. The summed E-state index contributed by atoms with van der Waals surface area (Å²) in [7, 11) is 0. The van der Waals surface area contributed by atoms with Crippen molar-refractivity contribution in [3.63, 3.8) is 0 Å². The van der Waals surface area contributed by atoms with Gasteiger partial charge in [-0.3, -0.25) is 14.9 Å². The van der Waals surface area contributed by atoms with Gasteiger partial charge in [-0.15, -0.1) is 0 Å². The summed E-state index contributed by atoms with van der Waals surface area (Å²) in [6.45, 7) is -0.395. The van der Waals surface area contributed by atoms with E-state index in [2.05, 4.69) is 5.32 Å². The summed E-state index contributed by atoms with van der Waals surface area (Å²) in [5.41, 5.74) is 0.126. The van der Waals surface area contributed by atoms with Crippen molar-refractivity contribution in [1.82, 2.24) is 0 Å². The molecule has 22 heavy (non-hydrogen) atoms. The molecule has 0 unspecified atom stereocenters. The second-order valence-corrected chi connectivity index (χ2v) is 5.03. The van der Waals surface area contributed by atoms with E-state index in [1.54, 1.807) is 24.3 Å². The first-order valence-electron chi connectivity index (χ1n) is 6.08. The first-order chi connectivity index (χ1) is 10.5. The van der Waals surface area contributed by atoms with Crippen molar-refractivity contribution in [1.29, 1.82) is 0 Å². The quantitative estimate of drug-likeness (QED) is 0.660. The van der Waals surface area contributed by atoms with Crippen molar-refractivity contribution >= 4 is 40.5 Å². The Labute approximate surface area is 135 Å². The van der Waals surface area contributed by atoms with Crippen LogP contribution in [0.1, 0.15) is 0 Å². The highest BCUT2D eigenvalue weighted by Crippen LogP contribution is 2.29. The topological polar surface area (TPSA) is 81.5 Å². The maximum absolute atomic E-state index is 11.8. The largest absolute Gasteiger partial charge is 0.477 e. The van der Waals surface area contributed by atoms with Crippen molar-refractivity contribution < 1.29 is 14.5 Å². The lowest BCUT2D eigenvalue weighted by Crippen LogP contribution is -2.20. The maximum atomic E-state index is 11.8. The second-order valence-electron chi connectivity index (χ2n) is 4.19. The van der Waals surface area contributed by atoms with E-state index in [1.165, 1.54) is 12.1 Å². The number of rotatable bonds is 5. The molecular formula is C14H10Cl2N2O4. The predicted molar refractivity (Wildman–Crippen MR) is 83.7 cm³/mol. The van der Waals surface area contributed by atoms with Crippen LogP contribution in [0.4, 0.5) is 11.4 Å². The molecule has 2 rings (SSSR count). The number of para-hydroxylation sites is 1. The molecule has 1 N–H and O–H groups in total. The van der Waals surface area contributed by atoms with Crippen LogP contribution in [0.15, 0.2) is 42.5 Å². The summed E-state index contributed by atoms with van der Waals surface area (Å²) < 4.78 is 5.17. The molecule has 0 atom stereocenters. The van der Waals surface area contributed by atoms with Gasteiger partial charge < -0.3 is 10.1 Å². The summed E-state index contributed by atoms with van der Waals surface area (Å²) in [6.07, 6.45) is 0. The van der Waals surface area contributed by atoms with E-state index in [-0.39, 0.29) is 16.5 Å². The number of benzene rings is 2. The number of amides is 1. The minimum atomic E-state index is -0.632. The van der Waals surface area contributed by atoms with E-state index in [0.29, 0.717) is 10.7 Å². The summed E-state index contributed by atoms with van der Waals surface area (Å²) in [4.78, 5) is 22.1. The molecule has 114 valence electrons. The molecule has 0 saturated carbocycles. The van der Waals surface area contributed by atoms with E-state index < -0.39 is 17.4 Å². The van der Waals surface area contributed by atoms with Gasteiger partial charge in [-0.25, -0.2) is 0 Å². The number of halogens is 2. The molecule has 0 spiro atoms.